The molecule has 1 heterocycles. The Morgan fingerprint density at radius 2 is 1.83 bits per heavy atom. The summed E-state index contributed by atoms with van der Waals surface area (Å²) in [6, 6.07) is 16.1. The highest BCUT2D eigenvalue weighted by Crippen LogP contribution is 2.29. The highest BCUT2D eigenvalue weighted by Gasteiger charge is 2.26. The van der Waals surface area contributed by atoms with Crippen molar-refractivity contribution in [3.8, 4) is 5.75 Å². The van der Waals surface area contributed by atoms with Crippen LogP contribution in [0.15, 0.2) is 48.5 Å². The fourth-order valence-electron chi connectivity index (χ4n) is 4.47. The lowest BCUT2D eigenvalue weighted by molar-refractivity contribution is -0.119. The van der Waals surface area contributed by atoms with Gasteiger partial charge in [-0.3, -0.25) is 9.59 Å². The van der Waals surface area contributed by atoms with Gasteiger partial charge in [-0.2, -0.15) is 0 Å². The molecule has 1 fully saturated rings. The Kier molecular flexibility index (Phi) is 6.67. The van der Waals surface area contributed by atoms with Crippen LogP contribution >= 0.6 is 0 Å². The summed E-state index contributed by atoms with van der Waals surface area (Å²) in [5, 5.41) is 2.88. The van der Waals surface area contributed by atoms with Crippen molar-refractivity contribution in [1.29, 1.82) is 0 Å². The van der Waals surface area contributed by atoms with Gasteiger partial charge in [-0.05, 0) is 61.6 Å². The minimum atomic E-state index is 0.0654. The number of para-hydroxylation sites is 1. The molecule has 158 valence electrons. The van der Waals surface area contributed by atoms with Gasteiger partial charge in [-0.25, -0.2) is 0 Å². The summed E-state index contributed by atoms with van der Waals surface area (Å²) >= 11 is 0. The van der Waals surface area contributed by atoms with Crippen molar-refractivity contribution in [2.75, 3.05) is 16.8 Å². The lowest BCUT2D eigenvalue weighted by Crippen LogP contribution is -2.41. The molecule has 0 spiro atoms. The molecular weight excluding hydrogens is 376 g/mol. The van der Waals surface area contributed by atoms with Crippen LogP contribution in [0, 0.1) is 0 Å². The standard InChI is InChI=1S/C25H30N2O3/c28-24-16-13-19-18-22(14-15-23(19)26-24)30-17-7-12-25(29)27(20-8-3-1-4-9-20)21-10-5-2-6-11-21/h1,3-4,8-9,14-15,18,21H,2,5-7,10-13,16-17H2,(H,26,28). The van der Waals surface area contributed by atoms with Crippen LogP contribution in [-0.4, -0.2) is 24.5 Å². The summed E-state index contributed by atoms with van der Waals surface area (Å²) in [6.45, 7) is 0.504. The zero-order chi connectivity index (χ0) is 20.8. The molecule has 0 radical (unpaired) electrons. The normalized spacial score (nSPS) is 16.5. The summed E-state index contributed by atoms with van der Waals surface area (Å²) in [7, 11) is 0. The molecule has 2 aromatic rings. The van der Waals surface area contributed by atoms with E-state index in [1.54, 1.807) is 0 Å². The number of hydrogen-bond donors (Lipinski definition) is 1. The van der Waals surface area contributed by atoms with E-state index in [1.165, 1.54) is 19.3 Å². The van der Waals surface area contributed by atoms with Crippen LogP contribution in [-0.2, 0) is 16.0 Å². The van der Waals surface area contributed by atoms with Crippen LogP contribution in [0.25, 0.3) is 0 Å². The van der Waals surface area contributed by atoms with E-state index in [-0.39, 0.29) is 11.8 Å². The van der Waals surface area contributed by atoms with E-state index in [2.05, 4.69) is 5.32 Å². The number of amides is 2. The molecular formula is C25H30N2O3. The lowest BCUT2D eigenvalue weighted by atomic mass is 9.93. The monoisotopic (exact) mass is 406 g/mol. The number of fused-ring (bicyclic) bond motifs is 1. The Morgan fingerprint density at radius 1 is 1.03 bits per heavy atom. The first-order valence-electron chi connectivity index (χ1n) is 11.1. The predicted octanol–water partition coefficient (Wildman–Crippen LogP) is 5.10. The zero-order valence-electron chi connectivity index (χ0n) is 17.4. The number of anilines is 2. The average molecular weight is 407 g/mol. The molecule has 1 N–H and O–H groups in total. The lowest BCUT2D eigenvalue weighted by Gasteiger charge is -2.34. The van der Waals surface area contributed by atoms with Crippen molar-refractivity contribution in [3.63, 3.8) is 0 Å². The summed E-state index contributed by atoms with van der Waals surface area (Å²) in [5.74, 6) is 1.05. The number of rotatable bonds is 7. The largest absolute Gasteiger partial charge is 0.494 e. The molecule has 5 nitrogen and oxygen atoms in total. The maximum Gasteiger partial charge on any atom is 0.227 e. The Labute approximate surface area is 178 Å². The highest BCUT2D eigenvalue weighted by atomic mass is 16.5. The molecule has 0 unspecified atom stereocenters. The third-order valence-electron chi connectivity index (χ3n) is 6.02. The van der Waals surface area contributed by atoms with Crippen LogP contribution < -0.4 is 15.0 Å². The number of nitrogens with zero attached hydrogens (tertiary/aromatic N) is 1. The SMILES string of the molecule is O=C1CCc2cc(OCCCC(=O)N(c3ccccc3)C3CCCCC3)ccc2N1. The first-order chi connectivity index (χ1) is 14.7. The van der Waals surface area contributed by atoms with E-state index >= 15 is 0 Å². The molecule has 2 aliphatic rings. The van der Waals surface area contributed by atoms with Gasteiger partial charge in [0.15, 0.2) is 0 Å². The fraction of sp³-hybridized carbons (Fsp3) is 0.440. The van der Waals surface area contributed by atoms with Gasteiger partial charge in [-0.1, -0.05) is 37.5 Å². The van der Waals surface area contributed by atoms with Gasteiger partial charge in [0.2, 0.25) is 11.8 Å². The van der Waals surface area contributed by atoms with Crippen molar-refractivity contribution in [1.82, 2.24) is 0 Å². The molecule has 2 amide bonds. The third-order valence-corrected chi connectivity index (χ3v) is 6.02. The van der Waals surface area contributed by atoms with Gasteiger partial charge in [0.1, 0.15) is 5.75 Å². The summed E-state index contributed by atoms with van der Waals surface area (Å²) in [4.78, 5) is 26.6. The average Bonchev–Trinajstić information content (AvgIpc) is 2.78. The van der Waals surface area contributed by atoms with Crippen LogP contribution in [0.4, 0.5) is 11.4 Å². The van der Waals surface area contributed by atoms with Crippen LogP contribution in [0.2, 0.25) is 0 Å². The van der Waals surface area contributed by atoms with E-state index in [0.717, 1.165) is 42.0 Å². The minimum Gasteiger partial charge on any atom is -0.494 e. The molecule has 0 bridgehead atoms. The number of nitrogens with one attached hydrogen (secondary N) is 1. The van der Waals surface area contributed by atoms with Crippen molar-refractivity contribution in [2.24, 2.45) is 0 Å². The first-order valence-corrected chi connectivity index (χ1v) is 11.1. The fourth-order valence-corrected chi connectivity index (χ4v) is 4.47. The minimum absolute atomic E-state index is 0.0654. The van der Waals surface area contributed by atoms with Gasteiger partial charge >= 0.3 is 0 Å². The Bertz CT molecular complexity index is 875. The molecule has 2 aromatic carbocycles. The molecule has 30 heavy (non-hydrogen) atoms. The predicted molar refractivity (Wildman–Crippen MR) is 119 cm³/mol. The van der Waals surface area contributed by atoms with Gasteiger partial charge in [0, 0.05) is 30.3 Å². The van der Waals surface area contributed by atoms with Gasteiger partial charge in [0.05, 0.1) is 6.61 Å². The molecule has 1 aliphatic heterocycles. The molecule has 0 atom stereocenters. The quantitative estimate of drug-likeness (QED) is 0.651. The molecule has 5 heteroatoms. The number of hydrogen-bond acceptors (Lipinski definition) is 3. The van der Waals surface area contributed by atoms with Crippen molar-refractivity contribution < 1.29 is 14.3 Å². The number of aryl methyl sites for hydroxylation is 1. The number of carbonyl (C=O) groups is 2. The van der Waals surface area contributed by atoms with E-state index < -0.39 is 0 Å². The second kappa shape index (κ2) is 9.79. The number of carbonyl (C=O) groups excluding carboxylic acids is 2. The zero-order valence-corrected chi connectivity index (χ0v) is 17.4. The van der Waals surface area contributed by atoms with Crippen LogP contribution in [0.5, 0.6) is 5.75 Å². The van der Waals surface area contributed by atoms with E-state index in [1.807, 2.05) is 53.4 Å². The molecule has 4 rings (SSSR count). The number of benzene rings is 2. The smallest absolute Gasteiger partial charge is 0.227 e. The molecule has 0 saturated heterocycles. The summed E-state index contributed by atoms with van der Waals surface area (Å²) in [5.41, 5.74) is 2.99. The highest BCUT2D eigenvalue weighted by molar-refractivity contribution is 5.94. The molecule has 1 aliphatic carbocycles. The summed E-state index contributed by atoms with van der Waals surface area (Å²) < 4.78 is 5.90. The van der Waals surface area contributed by atoms with Crippen molar-refractivity contribution in [2.45, 2.75) is 63.8 Å². The van der Waals surface area contributed by atoms with Crippen LogP contribution in [0.1, 0.15) is 56.9 Å². The van der Waals surface area contributed by atoms with Gasteiger partial charge in [0.25, 0.3) is 0 Å². The van der Waals surface area contributed by atoms with Gasteiger partial charge < -0.3 is 15.0 Å². The van der Waals surface area contributed by atoms with Crippen LogP contribution in [0.3, 0.4) is 0 Å². The van der Waals surface area contributed by atoms with E-state index in [4.69, 9.17) is 4.74 Å². The third kappa shape index (κ3) is 5.02. The second-order valence-corrected chi connectivity index (χ2v) is 8.21. The Balaban J connectivity index is 1.32. The second-order valence-electron chi connectivity index (χ2n) is 8.21. The first kappa shape index (κ1) is 20.5. The number of ether oxygens (including phenoxy) is 1. The molecule has 1 saturated carbocycles. The van der Waals surface area contributed by atoms with Gasteiger partial charge in [-0.15, -0.1) is 0 Å². The molecule has 0 aromatic heterocycles. The topological polar surface area (TPSA) is 58.6 Å². The summed E-state index contributed by atoms with van der Waals surface area (Å²) in [6.07, 6.45) is 8.25. The van der Waals surface area contributed by atoms with Crippen molar-refractivity contribution >= 4 is 23.2 Å². The van der Waals surface area contributed by atoms with Crippen molar-refractivity contribution in [3.05, 3.63) is 54.1 Å². The maximum atomic E-state index is 13.1. The van der Waals surface area contributed by atoms with E-state index in [9.17, 15) is 9.59 Å². The van der Waals surface area contributed by atoms with E-state index in [0.29, 0.717) is 31.9 Å². The maximum absolute atomic E-state index is 13.1. The Morgan fingerprint density at radius 3 is 2.63 bits per heavy atom. The Hall–Kier alpha value is -2.82.